The third-order valence-corrected chi connectivity index (χ3v) is 6.33. The van der Waals surface area contributed by atoms with Gasteiger partial charge < -0.3 is 10.1 Å². The van der Waals surface area contributed by atoms with Gasteiger partial charge in [0.2, 0.25) is 10.0 Å². The van der Waals surface area contributed by atoms with Crippen LogP contribution in [-0.2, 0) is 14.8 Å². The zero-order valence-corrected chi connectivity index (χ0v) is 16.4. The Bertz CT molecular complexity index is 982. The molecule has 28 heavy (non-hydrogen) atoms. The van der Waals surface area contributed by atoms with Gasteiger partial charge in [0.25, 0.3) is 5.91 Å². The number of esters is 1. The number of anilines is 1. The number of rotatable bonds is 6. The number of carbonyl (C=O) groups excluding carboxylic acids is 2. The molecule has 1 aliphatic heterocycles. The van der Waals surface area contributed by atoms with Crippen molar-refractivity contribution < 1.29 is 22.7 Å². The molecule has 1 aliphatic rings. The van der Waals surface area contributed by atoms with Crippen molar-refractivity contribution in [2.24, 2.45) is 0 Å². The lowest BCUT2D eigenvalue weighted by Crippen LogP contribution is -2.28. The van der Waals surface area contributed by atoms with E-state index >= 15 is 0 Å². The molecule has 3 rings (SSSR count). The zero-order valence-electron chi connectivity index (χ0n) is 15.6. The Morgan fingerprint density at radius 2 is 1.71 bits per heavy atom. The molecule has 0 radical (unpaired) electrons. The first kappa shape index (κ1) is 20.0. The number of ether oxygens (including phenoxy) is 1. The lowest BCUT2D eigenvalue weighted by Gasteiger charge is -2.16. The molecule has 1 fully saturated rings. The summed E-state index contributed by atoms with van der Waals surface area (Å²) in [6.45, 7) is 2.97. The Morgan fingerprint density at radius 3 is 2.43 bits per heavy atom. The van der Waals surface area contributed by atoms with Crippen LogP contribution < -0.4 is 5.32 Å². The molecular weight excluding hydrogens is 380 g/mol. The molecule has 1 N–H and O–H groups in total. The van der Waals surface area contributed by atoms with Crippen molar-refractivity contribution in [2.75, 3.05) is 25.0 Å². The summed E-state index contributed by atoms with van der Waals surface area (Å²) >= 11 is 0. The maximum absolute atomic E-state index is 12.7. The van der Waals surface area contributed by atoms with Crippen LogP contribution in [0, 0.1) is 0 Å². The van der Waals surface area contributed by atoms with Crippen molar-refractivity contribution in [3.05, 3.63) is 59.7 Å². The summed E-state index contributed by atoms with van der Waals surface area (Å²) in [7, 11) is -3.60. The first-order valence-corrected chi connectivity index (χ1v) is 10.5. The molecule has 0 spiro atoms. The van der Waals surface area contributed by atoms with Crippen molar-refractivity contribution in [3.63, 3.8) is 0 Å². The second kappa shape index (κ2) is 8.53. The van der Waals surface area contributed by atoms with Crippen LogP contribution in [0.3, 0.4) is 0 Å². The number of hydrogen-bond donors (Lipinski definition) is 1. The molecule has 2 aromatic carbocycles. The number of hydrogen-bond acceptors (Lipinski definition) is 5. The molecule has 2 aromatic rings. The fourth-order valence-corrected chi connectivity index (χ4v) is 4.58. The highest BCUT2D eigenvalue weighted by atomic mass is 32.2. The lowest BCUT2D eigenvalue weighted by atomic mass is 10.1. The molecule has 1 amide bonds. The lowest BCUT2D eigenvalue weighted by molar-refractivity contribution is 0.0526. The van der Waals surface area contributed by atoms with Crippen LogP contribution in [0.5, 0.6) is 0 Å². The molecule has 7 nitrogen and oxygen atoms in total. The number of carbonyl (C=O) groups is 2. The van der Waals surface area contributed by atoms with Crippen molar-refractivity contribution >= 4 is 27.6 Å². The monoisotopic (exact) mass is 402 g/mol. The van der Waals surface area contributed by atoms with Crippen molar-refractivity contribution in [3.8, 4) is 0 Å². The van der Waals surface area contributed by atoms with Gasteiger partial charge in [0.05, 0.1) is 17.1 Å². The van der Waals surface area contributed by atoms with Gasteiger partial charge in [-0.25, -0.2) is 13.2 Å². The summed E-state index contributed by atoms with van der Waals surface area (Å²) < 4.78 is 31.8. The Labute approximate surface area is 164 Å². The van der Waals surface area contributed by atoms with Crippen molar-refractivity contribution in [1.82, 2.24) is 4.31 Å². The first-order valence-electron chi connectivity index (χ1n) is 9.10. The summed E-state index contributed by atoms with van der Waals surface area (Å²) in [5, 5.41) is 2.69. The highest BCUT2D eigenvalue weighted by Crippen LogP contribution is 2.22. The second-order valence-electron chi connectivity index (χ2n) is 6.39. The average Bonchev–Trinajstić information content (AvgIpc) is 3.24. The van der Waals surface area contributed by atoms with Crippen molar-refractivity contribution in [2.45, 2.75) is 24.7 Å². The summed E-state index contributed by atoms with van der Waals surface area (Å²) in [6, 6.07) is 12.4. The highest BCUT2D eigenvalue weighted by Gasteiger charge is 2.27. The maximum Gasteiger partial charge on any atom is 0.338 e. The largest absolute Gasteiger partial charge is 0.462 e. The Hall–Kier alpha value is -2.71. The van der Waals surface area contributed by atoms with Crippen LogP contribution in [0.25, 0.3) is 0 Å². The van der Waals surface area contributed by atoms with E-state index < -0.39 is 21.9 Å². The molecule has 0 atom stereocenters. The summed E-state index contributed by atoms with van der Waals surface area (Å²) in [6.07, 6.45) is 1.69. The minimum absolute atomic E-state index is 0.0994. The minimum atomic E-state index is -3.60. The number of sulfonamides is 1. The summed E-state index contributed by atoms with van der Waals surface area (Å²) in [5.74, 6) is -0.934. The van der Waals surface area contributed by atoms with Crippen LogP contribution in [0.15, 0.2) is 53.4 Å². The van der Waals surface area contributed by atoms with Gasteiger partial charge in [0, 0.05) is 24.3 Å². The van der Waals surface area contributed by atoms with Gasteiger partial charge in [-0.15, -0.1) is 0 Å². The highest BCUT2D eigenvalue weighted by molar-refractivity contribution is 7.89. The van der Waals surface area contributed by atoms with Crippen LogP contribution in [0.2, 0.25) is 0 Å². The third-order valence-electron chi connectivity index (χ3n) is 4.43. The summed E-state index contributed by atoms with van der Waals surface area (Å²) in [5.41, 5.74) is 0.968. The van der Waals surface area contributed by atoms with Crippen molar-refractivity contribution in [1.29, 1.82) is 0 Å². The Balaban J connectivity index is 1.78. The van der Waals surface area contributed by atoms with Crippen LogP contribution >= 0.6 is 0 Å². The van der Waals surface area contributed by atoms with Crippen LogP contribution in [-0.4, -0.2) is 44.3 Å². The second-order valence-corrected chi connectivity index (χ2v) is 8.33. The van der Waals surface area contributed by atoms with Gasteiger partial charge >= 0.3 is 5.97 Å². The molecule has 1 saturated heterocycles. The van der Waals surface area contributed by atoms with E-state index in [1.807, 2.05) is 0 Å². The van der Waals surface area contributed by atoms with Gasteiger partial charge in [0.15, 0.2) is 0 Å². The minimum Gasteiger partial charge on any atom is -0.462 e. The predicted octanol–water partition coefficient (Wildman–Crippen LogP) is 2.90. The van der Waals surface area contributed by atoms with Gasteiger partial charge in [-0.05, 0) is 56.2 Å². The molecule has 0 aromatic heterocycles. The van der Waals surface area contributed by atoms with Gasteiger partial charge in [0.1, 0.15) is 0 Å². The van der Waals surface area contributed by atoms with E-state index in [-0.39, 0.29) is 17.1 Å². The van der Waals surface area contributed by atoms with Crippen LogP contribution in [0.1, 0.15) is 40.5 Å². The smallest absolute Gasteiger partial charge is 0.338 e. The first-order chi connectivity index (χ1) is 13.4. The molecule has 148 valence electrons. The number of amides is 1. The van der Waals surface area contributed by atoms with E-state index in [0.717, 1.165) is 12.8 Å². The third kappa shape index (κ3) is 4.40. The van der Waals surface area contributed by atoms with Gasteiger partial charge in [-0.1, -0.05) is 12.1 Å². The molecule has 8 heteroatoms. The van der Waals surface area contributed by atoms with Crippen LogP contribution in [0.4, 0.5) is 5.69 Å². The molecular formula is C20H22N2O5S. The maximum atomic E-state index is 12.7. The van der Waals surface area contributed by atoms with E-state index in [4.69, 9.17) is 4.74 Å². The predicted molar refractivity (Wildman–Crippen MR) is 105 cm³/mol. The van der Waals surface area contributed by atoms with E-state index in [1.165, 1.54) is 22.5 Å². The molecule has 1 heterocycles. The zero-order chi connectivity index (χ0) is 20.1. The number of benzene rings is 2. The normalized spacial score (nSPS) is 14.6. The fraction of sp³-hybridized carbons (Fsp3) is 0.300. The number of nitrogens with one attached hydrogen (secondary N) is 1. The van der Waals surface area contributed by atoms with Gasteiger partial charge in [-0.2, -0.15) is 4.31 Å². The average molecular weight is 402 g/mol. The van der Waals surface area contributed by atoms with E-state index in [0.29, 0.717) is 24.3 Å². The quantitative estimate of drug-likeness (QED) is 0.750. The Morgan fingerprint density at radius 1 is 1.04 bits per heavy atom. The molecule has 0 unspecified atom stereocenters. The number of nitrogens with zero attached hydrogens (tertiary/aromatic N) is 1. The van der Waals surface area contributed by atoms with Gasteiger partial charge in [-0.3, -0.25) is 4.79 Å². The molecule has 0 aliphatic carbocycles. The molecule has 0 bridgehead atoms. The standard InChI is InChI=1S/C20H22N2O5S/c1-2-27-20(24)16-8-5-9-17(13-16)21-19(23)15-7-6-10-18(14-15)28(25,26)22-11-3-4-12-22/h5-10,13-14H,2-4,11-12H2,1H3,(H,21,23). The molecule has 0 saturated carbocycles. The SMILES string of the molecule is CCOC(=O)c1cccc(NC(=O)c2cccc(S(=O)(=O)N3CCCC3)c2)c1. The van der Waals surface area contributed by atoms with E-state index in [1.54, 1.807) is 37.3 Å². The topological polar surface area (TPSA) is 92.8 Å². The van der Waals surface area contributed by atoms with E-state index in [9.17, 15) is 18.0 Å². The fourth-order valence-electron chi connectivity index (χ4n) is 3.02. The van der Waals surface area contributed by atoms with E-state index in [2.05, 4.69) is 5.32 Å². The summed E-state index contributed by atoms with van der Waals surface area (Å²) in [4.78, 5) is 24.5. The Kier molecular flexibility index (Phi) is 6.11.